The zero-order valence-electron chi connectivity index (χ0n) is 11.0. The predicted octanol–water partition coefficient (Wildman–Crippen LogP) is 3.89. The van der Waals surface area contributed by atoms with Crippen LogP contribution in [0, 0.1) is 11.6 Å². The number of hydrogen-bond donors (Lipinski definition) is 0. The third kappa shape index (κ3) is 2.84. The second-order valence-corrected chi connectivity index (χ2v) is 4.95. The van der Waals surface area contributed by atoms with Gasteiger partial charge in [0.15, 0.2) is 17.4 Å². The lowest BCUT2D eigenvalue weighted by Crippen LogP contribution is -2.43. The maximum Gasteiger partial charge on any atom is 0.194 e. The van der Waals surface area contributed by atoms with Gasteiger partial charge < -0.3 is 4.74 Å². The molecule has 0 heterocycles. The standard InChI is InChI=1S/C15H18F2O2/c1-2-19-15(8-4-3-5-9-15)14(18)11-6-7-12(16)13(17)10-11/h6-7,10H,2-5,8-9H2,1H3. The van der Waals surface area contributed by atoms with Crippen molar-refractivity contribution >= 4 is 5.78 Å². The van der Waals surface area contributed by atoms with Crippen LogP contribution in [0.3, 0.4) is 0 Å². The van der Waals surface area contributed by atoms with E-state index in [0.717, 1.165) is 31.4 Å². The van der Waals surface area contributed by atoms with Crippen molar-refractivity contribution in [3.05, 3.63) is 35.4 Å². The SMILES string of the molecule is CCOC1(C(=O)c2ccc(F)c(F)c2)CCCCC1. The number of rotatable bonds is 4. The summed E-state index contributed by atoms with van der Waals surface area (Å²) in [6.07, 6.45) is 4.24. The van der Waals surface area contributed by atoms with Gasteiger partial charge in [-0.3, -0.25) is 4.79 Å². The minimum absolute atomic E-state index is 0.189. The van der Waals surface area contributed by atoms with Gasteiger partial charge in [-0.15, -0.1) is 0 Å². The molecule has 0 N–H and O–H groups in total. The Bertz CT molecular complexity index is 460. The average Bonchev–Trinajstić information content (AvgIpc) is 2.42. The average molecular weight is 268 g/mol. The largest absolute Gasteiger partial charge is 0.367 e. The summed E-state index contributed by atoms with van der Waals surface area (Å²) >= 11 is 0. The molecule has 1 saturated carbocycles. The van der Waals surface area contributed by atoms with Gasteiger partial charge in [0.2, 0.25) is 0 Å². The van der Waals surface area contributed by atoms with Gasteiger partial charge in [-0.25, -0.2) is 8.78 Å². The van der Waals surface area contributed by atoms with Crippen LogP contribution in [0.25, 0.3) is 0 Å². The molecule has 0 atom stereocenters. The number of benzene rings is 1. The first-order valence-corrected chi connectivity index (χ1v) is 6.73. The molecule has 0 aromatic heterocycles. The van der Waals surface area contributed by atoms with Crippen LogP contribution in [-0.2, 0) is 4.74 Å². The summed E-state index contributed by atoms with van der Waals surface area (Å²) in [5.74, 6) is -2.16. The highest BCUT2D eigenvalue weighted by Gasteiger charge is 2.40. The molecule has 0 amide bonds. The molecule has 0 saturated heterocycles. The highest BCUT2D eigenvalue weighted by molar-refractivity contribution is 6.02. The molecule has 1 aromatic rings. The van der Waals surface area contributed by atoms with Crippen LogP contribution in [-0.4, -0.2) is 18.0 Å². The Labute approximate surface area is 111 Å². The summed E-state index contributed by atoms with van der Waals surface area (Å²) in [7, 11) is 0. The molecule has 104 valence electrons. The maximum absolute atomic E-state index is 13.2. The molecule has 1 aliphatic carbocycles. The molecule has 0 unspecified atom stereocenters. The number of carbonyl (C=O) groups is 1. The Balaban J connectivity index is 2.30. The van der Waals surface area contributed by atoms with Crippen molar-refractivity contribution in [2.24, 2.45) is 0 Å². The van der Waals surface area contributed by atoms with Crippen LogP contribution in [0.2, 0.25) is 0 Å². The molecule has 19 heavy (non-hydrogen) atoms. The molecule has 1 fully saturated rings. The summed E-state index contributed by atoms with van der Waals surface area (Å²) < 4.78 is 31.9. The van der Waals surface area contributed by atoms with Crippen LogP contribution < -0.4 is 0 Å². The van der Waals surface area contributed by atoms with Gasteiger partial charge in [0.1, 0.15) is 5.60 Å². The summed E-state index contributed by atoms with van der Waals surface area (Å²) in [5.41, 5.74) is -0.661. The smallest absolute Gasteiger partial charge is 0.194 e. The Kier molecular flexibility index (Phi) is 4.30. The van der Waals surface area contributed by atoms with E-state index < -0.39 is 17.2 Å². The van der Waals surface area contributed by atoms with E-state index in [9.17, 15) is 13.6 Å². The fourth-order valence-electron chi connectivity index (χ4n) is 2.74. The summed E-state index contributed by atoms with van der Waals surface area (Å²) in [4.78, 5) is 12.6. The van der Waals surface area contributed by atoms with Crippen molar-refractivity contribution < 1.29 is 18.3 Å². The first kappa shape index (κ1) is 14.1. The molecule has 0 aliphatic heterocycles. The number of ether oxygens (including phenoxy) is 1. The Morgan fingerprint density at radius 1 is 1.21 bits per heavy atom. The molecule has 2 rings (SSSR count). The first-order chi connectivity index (χ1) is 9.09. The molecular formula is C15H18F2O2. The van der Waals surface area contributed by atoms with Crippen molar-refractivity contribution in [3.63, 3.8) is 0 Å². The zero-order valence-corrected chi connectivity index (χ0v) is 11.0. The van der Waals surface area contributed by atoms with Gasteiger partial charge >= 0.3 is 0 Å². The molecular weight excluding hydrogens is 250 g/mol. The summed E-state index contributed by atoms with van der Waals surface area (Å²) in [6, 6.07) is 3.29. The van der Waals surface area contributed by atoms with E-state index in [4.69, 9.17) is 4.74 Å². The van der Waals surface area contributed by atoms with Crippen LogP contribution >= 0.6 is 0 Å². The summed E-state index contributed by atoms with van der Waals surface area (Å²) in [5, 5.41) is 0. The number of halogens is 2. The fraction of sp³-hybridized carbons (Fsp3) is 0.533. The number of carbonyl (C=O) groups excluding carboxylic acids is 1. The van der Waals surface area contributed by atoms with E-state index in [0.29, 0.717) is 19.4 Å². The third-order valence-electron chi connectivity index (χ3n) is 3.68. The van der Waals surface area contributed by atoms with Crippen molar-refractivity contribution in [2.45, 2.75) is 44.6 Å². The maximum atomic E-state index is 13.2. The van der Waals surface area contributed by atoms with Gasteiger partial charge in [0.05, 0.1) is 0 Å². The van der Waals surface area contributed by atoms with Crippen molar-refractivity contribution in [3.8, 4) is 0 Å². The van der Waals surface area contributed by atoms with Crippen LogP contribution in [0.4, 0.5) is 8.78 Å². The van der Waals surface area contributed by atoms with Crippen molar-refractivity contribution in [2.75, 3.05) is 6.61 Å². The second-order valence-electron chi connectivity index (χ2n) is 4.95. The van der Waals surface area contributed by atoms with E-state index in [1.54, 1.807) is 0 Å². The Morgan fingerprint density at radius 2 is 1.89 bits per heavy atom. The van der Waals surface area contributed by atoms with E-state index in [2.05, 4.69) is 0 Å². The molecule has 2 nitrogen and oxygen atoms in total. The zero-order chi connectivity index (χ0) is 13.9. The Morgan fingerprint density at radius 3 is 2.47 bits per heavy atom. The molecule has 0 bridgehead atoms. The third-order valence-corrected chi connectivity index (χ3v) is 3.68. The van der Waals surface area contributed by atoms with Gasteiger partial charge in [0.25, 0.3) is 0 Å². The molecule has 0 radical (unpaired) electrons. The van der Waals surface area contributed by atoms with Gasteiger partial charge in [-0.1, -0.05) is 19.3 Å². The van der Waals surface area contributed by atoms with Gasteiger partial charge in [-0.05, 0) is 38.0 Å². The van der Waals surface area contributed by atoms with E-state index in [1.807, 2.05) is 6.92 Å². The monoisotopic (exact) mass is 268 g/mol. The van der Waals surface area contributed by atoms with Crippen LogP contribution in [0.5, 0.6) is 0 Å². The van der Waals surface area contributed by atoms with Crippen LogP contribution in [0.1, 0.15) is 49.4 Å². The van der Waals surface area contributed by atoms with Gasteiger partial charge in [-0.2, -0.15) is 0 Å². The topological polar surface area (TPSA) is 26.3 Å². The molecule has 1 aliphatic rings. The van der Waals surface area contributed by atoms with Gasteiger partial charge in [0, 0.05) is 12.2 Å². The van der Waals surface area contributed by atoms with Crippen molar-refractivity contribution in [1.29, 1.82) is 0 Å². The van der Waals surface area contributed by atoms with Crippen LogP contribution in [0.15, 0.2) is 18.2 Å². The quantitative estimate of drug-likeness (QED) is 0.774. The highest BCUT2D eigenvalue weighted by atomic mass is 19.2. The highest BCUT2D eigenvalue weighted by Crippen LogP contribution is 2.34. The number of hydrogen-bond acceptors (Lipinski definition) is 2. The Hall–Kier alpha value is -1.29. The number of Topliss-reactive ketones (excluding diaryl/α,β-unsaturated/α-hetero) is 1. The lowest BCUT2D eigenvalue weighted by molar-refractivity contribution is -0.0411. The second kappa shape index (κ2) is 5.78. The first-order valence-electron chi connectivity index (χ1n) is 6.73. The van der Waals surface area contributed by atoms with E-state index in [-0.39, 0.29) is 11.3 Å². The molecule has 1 aromatic carbocycles. The predicted molar refractivity (Wildman–Crippen MR) is 68.1 cm³/mol. The minimum atomic E-state index is -0.992. The summed E-state index contributed by atoms with van der Waals surface area (Å²) in [6.45, 7) is 2.28. The lowest BCUT2D eigenvalue weighted by atomic mass is 9.79. The van der Waals surface area contributed by atoms with E-state index >= 15 is 0 Å². The van der Waals surface area contributed by atoms with E-state index in [1.165, 1.54) is 6.07 Å². The lowest BCUT2D eigenvalue weighted by Gasteiger charge is -2.35. The minimum Gasteiger partial charge on any atom is -0.367 e. The molecule has 0 spiro atoms. The fourth-order valence-corrected chi connectivity index (χ4v) is 2.74. The van der Waals surface area contributed by atoms with Crippen molar-refractivity contribution in [1.82, 2.24) is 0 Å². The normalized spacial score (nSPS) is 18.3. The number of ketones is 1. The molecule has 4 heteroatoms.